The quantitative estimate of drug-likeness (QED) is 0.630. The lowest BCUT2D eigenvalue weighted by Crippen LogP contribution is -2.28. The van der Waals surface area contributed by atoms with E-state index in [1.807, 2.05) is 19.9 Å². The van der Waals surface area contributed by atoms with E-state index in [4.69, 9.17) is 0 Å². The number of halogens is 6. The van der Waals surface area contributed by atoms with Crippen molar-refractivity contribution < 1.29 is 35.9 Å². The summed E-state index contributed by atoms with van der Waals surface area (Å²) >= 11 is 0. The number of amides is 2. The first kappa shape index (κ1) is 23.6. The van der Waals surface area contributed by atoms with Gasteiger partial charge in [0.15, 0.2) is 0 Å². The molecule has 172 valence electrons. The lowest BCUT2D eigenvalue weighted by atomic mass is 10.0. The standard InChI is InChI=1S/C22H20F6N2O2/c1-12-3-4-18(5-13(12)2)29-20(32)15-8-19(31)30(11-15)10-14-6-16(21(23,24)25)9-17(7-14)22(26,27)28/h3-7,9,15H,8,10-11H2,1-2H3,(H,29,32). The van der Waals surface area contributed by atoms with Crippen molar-refractivity contribution in [3.8, 4) is 0 Å². The van der Waals surface area contributed by atoms with Gasteiger partial charge in [0.25, 0.3) is 0 Å². The minimum atomic E-state index is -4.97. The number of carbonyl (C=O) groups excluding carboxylic acids is 2. The van der Waals surface area contributed by atoms with Crippen molar-refractivity contribution in [2.45, 2.75) is 39.2 Å². The third-order valence-electron chi connectivity index (χ3n) is 5.38. The summed E-state index contributed by atoms with van der Waals surface area (Å²) in [6.45, 7) is 3.22. The Bertz CT molecular complexity index is 1010. The van der Waals surface area contributed by atoms with Crippen LogP contribution >= 0.6 is 0 Å². The first-order valence-corrected chi connectivity index (χ1v) is 9.68. The van der Waals surface area contributed by atoms with Gasteiger partial charge in [-0.2, -0.15) is 26.3 Å². The van der Waals surface area contributed by atoms with E-state index < -0.39 is 47.8 Å². The molecule has 3 rings (SSSR count). The van der Waals surface area contributed by atoms with E-state index in [2.05, 4.69) is 5.32 Å². The molecule has 1 fully saturated rings. The highest BCUT2D eigenvalue weighted by Crippen LogP contribution is 2.37. The molecular formula is C22H20F6N2O2. The van der Waals surface area contributed by atoms with Crippen LogP contribution in [0.5, 0.6) is 0 Å². The molecule has 0 radical (unpaired) electrons. The molecule has 0 aliphatic carbocycles. The second-order valence-electron chi connectivity index (χ2n) is 7.88. The van der Waals surface area contributed by atoms with Crippen molar-refractivity contribution in [3.63, 3.8) is 0 Å². The largest absolute Gasteiger partial charge is 0.416 e. The maximum Gasteiger partial charge on any atom is 0.416 e. The summed E-state index contributed by atoms with van der Waals surface area (Å²) in [6, 6.07) is 6.51. The van der Waals surface area contributed by atoms with E-state index in [9.17, 15) is 35.9 Å². The number of aryl methyl sites for hydroxylation is 2. The van der Waals surface area contributed by atoms with Crippen molar-refractivity contribution in [1.29, 1.82) is 0 Å². The lowest BCUT2D eigenvalue weighted by Gasteiger charge is -2.19. The average Bonchev–Trinajstić information content (AvgIpc) is 3.04. The molecule has 4 nitrogen and oxygen atoms in total. The monoisotopic (exact) mass is 458 g/mol. The van der Waals surface area contributed by atoms with Crippen molar-refractivity contribution in [3.05, 3.63) is 64.2 Å². The zero-order valence-corrected chi connectivity index (χ0v) is 17.2. The molecule has 0 saturated carbocycles. The number of carbonyl (C=O) groups is 2. The van der Waals surface area contributed by atoms with Gasteiger partial charge in [-0.3, -0.25) is 9.59 Å². The van der Waals surface area contributed by atoms with Crippen molar-refractivity contribution >= 4 is 17.5 Å². The maximum atomic E-state index is 13.1. The average molecular weight is 458 g/mol. The SMILES string of the molecule is Cc1ccc(NC(=O)C2CC(=O)N(Cc3cc(C(F)(F)F)cc(C(F)(F)F)c3)C2)cc1C. The molecule has 0 bridgehead atoms. The van der Waals surface area contributed by atoms with Gasteiger partial charge in [-0.05, 0) is 60.9 Å². The highest BCUT2D eigenvalue weighted by Gasteiger charge is 2.38. The number of nitrogens with one attached hydrogen (secondary N) is 1. The normalized spacial score (nSPS) is 17.1. The molecular weight excluding hydrogens is 438 g/mol. The van der Waals surface area contributed by atoms with Crippen LogP contribution in [0.4, 0.5) is 32.0 Å². The molecule has 1 aliphatic heterocycles. The zero-order valence-electron chi connectivity index (χ0n) is 17.2. The fraction of sp³-hybridized carbons (Fsp3) is 0.364. The van der Waals surface area contributed by atoms with Crippen molar-refractivity contribution in [2.24, 2.45) is 5.92 Å². The Balaban J connectivity index is 1.75. The van der Waals surface area contributed by atoms with E-state index in [-0.39, 0.29) is 24.6 Å². The van der Waals surface area contributed by atoms with Crippen LogP contribution in [0.2, 0.25) is 0 Å². The summed E-state index contributed by atoms with van der Waals surface area (Å²) in [5, 5.41) is 2.70. The van der Waals surface area contributed by atoms with E-state index in [0.29, 0.717) is 17.8 Å². The Kier molecular flexibility index (Phi) is 6.26. The highest BCUT2D eigenvalue weighted by molar-refractivity contribution is 5.97. The van der Waals surface area contributed by atoms with Gasteiger partial charge in [0.2, 0.25) is 11.8 Å². The summed E-state index contributed by atoms with van der Waals surface area (Å²) in [5.41, 5.74) is -0.676. The molecule has 2 aromatic carbocycles. The first-order chi connectivity index (χ1) is 14.7. The van der Waals surface area contributed by atoms with Gasteiger partial charge in [0.1, 0.15) is 0 Å². The van der Waals surface area contributed by atoms with E-state index in [0.717, 1.165) is 16.0 Å². The summed E-state index contributed by atoms with van der Waals surface area (Å²) in [4.78, 5) is 25.9. The van der Waals surface area contributed by atoms with Crippen LogP contribution < -0.4 is 5.32 Å². The first-order valence-electron chi connectivity index (χ1n) is 9.68. The van der Waals surface area contributed by atoms with Gasteiger partial charge in [0.05, 0.1) is 17.0 Å². The summed E-state index contributed by atoms with van der Waals surface area (Å²) in [7, 11) is 0. The number of rotatable bonds is 4. The topological polar surface area (TPSA) is 49.4 Å². The molecule has 1 heterocycles. The number of anilines is 1. The molecule has 32 heavy (non-hydrogen) atoms. The van der Waals surface area contributed by atoms with Gasteiger partial charge >= 0.3 is 12.4 Å². The Hall–Kier alpha value is -3.04. The highest BCUT2D eigenvalue weighted by atomic mass is 19.4. The summed E-state index contributed by atoms with van der Waals surface area (Å²) in [5.74, 6) is -1.72. The van der Waals surface area contributed by atoms with Gasteiger partial charge in [0, 0.05) is 25.2 Å². The summed E-state index contributed by atoms with van der Waals surface area (Å²) in [6.07, 6.45) is -10.1. The summed E-state index contributed by atoms with van der Waals surface area (Å²) < 4.78 is 78.3. The fourth-order valence-corrected chi connectivity index (χ4v) is 3.50. The van der Waals surface area contributed by atoms with Crippen LogP contribution in [0.25, 0.3) is 0 Å². The lowest BCUT2D eigenvalue weighted by molar-refractivity contribution is -0.143. The molecule has 10 heteroatoms. The fourth-order valence-electron chi connectivity index (χ4n) is 3.50. The second-order valence-corrected chi connectivity index (χ2v) is 7.88. The predicted molar refractivity (Wildman–Crippen MR) is 105 cm³/mol. The molecule has 2 aromatic rings. The van der Waals surface area contributed by atoms with Crippen molar-refractivity contribution in [1.82, 2.24) is 4.90 Å². The van der Waals surface area contributed by atoms with Crippen LogP contribution in [0.3, 0.4) is 0 Å². The second kappa shape index (κ2) is 8.48. The van der Waals surface area contributed by atoms with E-state index >= 15 is 0 Å². The van der Waals surface area contributed by atoms with Gasteiger partial charge in [-0.25, -0.2) is 0 Å². The van der Waals surface area contributed by atoms with Crippen molar-refractivity contribution in [2.75, 3.05) is 11.9 Å². The van der Waals surface area contributed by atoms with Gasteiger partial charge < -0.3 is 10.2 Å². The molecule has 0 spiro atoms. The van der Waals surface area contributed by atoms with E-state index in [1.165, 1.54) is 0 Å². The number of hydrogen-bond donors (Lipinski definition) is 1. The smallest absolute Gasteiger partial charge is 0.338 e. The molecule has 1 aliphatic rings. The van der Waals surface area contributed by atoms with Crippen LogP contribution in [0.1, 0.15) is 34.2 Å². The van der Waals surface area contributed by atoms with Crippen LogP contribution in [0, 0.1) is 19.8 Å². The molecule has 2 amide bonds. The Morgan fingerprint density at radius 2 is 1.56 bits per heavy atom. The molecule has 1 atom stereocenters. The molecule has 0 aromatic heterocycles. The van der Waals surface area contributed by atoms with Crippen LogP contribution in [-0.4, -0.2) is 23.3 Å². The third kappa shape index (κ3) is 5.41. The number of benzene rings is 2. The van der Waals surface area contributed by atoms with E-state index in [1.54, 1.807) is 12.1 Å². The minimum Gasteiger partial charge on any atom is -0.338 e. The van der Waals surface area contributed by atoms with Gasteiger partial charge in [-0.15, -0.1) is 0 Å². The molecule has 1 N–H and O–H groups in total. The van der Waals surface area contributed by atoms with Crippen LogP contribution in [-0.2, 0) is 28.5 Å². The number of hydrogen-bond acceptors (Lipinski definition) is 2. The molecule has 1 saturated heterocycles. The van der Waals surface area contributed by atoms with Gasteiger partial charge in [-0.1, -0.05) is 6.07 Å². The minimum absolute atomic E-state index is 0.0368. The number of alkyl halides is 6. The Morgan fingerprint density at radius 1 is 0.969 bits per heavy atom. The zero-order chi connectivity index (χ0) is 23.8. The number of likely N-dealkylation sites (tertiary alicyclic amines) is 1. The maximum absolute atomic E-state index is 13.1. The molecule has 1 unspecified atom stereocenters. The number of nitrogens with zero attached hydrogens (tertiary/aromatic N) is 1. The van der Waals surface area contributed by atoms with Crippen LogP contribution in [0.15, 0.2) is 36.4 Å². The Labute approximate surface area is 180 Å². The Morgan fingerprint density at radius 3 is 2.09 bits per heavy atom. The third-order valence-corrected chi connectivity index (χ3v) is 5.38. The predicted octanol–water partition coefficient (Wildman–Crippen LogP) is 5.33.